The van der Waals surface area contributed by atoms with Crippen molar-refractivity contribution in [1.29, 1.82) is 0 Å². The maximum absolute atomic E-state index is 12.1. The molecule has 1 heterocycles. The van der Waals surface area contributed by atoms with Crippen LogP contribution in [-0.2, 0) is 26.0 Å². The van der Waals surface area contributed by atoms with Crippen molar-refractivity contribution in [3.63, 3.8) is 0 Å². The van der Waals surface area contributed by atoms with Crippen LogP contribution in [0.1, 0.15) is 31.7 Å². The number of hydrogen-bond donors (Lipinski definition) is 2. The second-order valence-electron chi connectivity index (χ2n) is 6.53. The average molecular weight is 367 g/mol. The second kappa shape index (κ2) is 8.44. The lowest BCUT2D eigenvalue weighted by Crippen LogP contribution is -2.40. The third-order valence-corrected chi connectivity index (χ3v) is 5.37. The lowest BCUT2D eigenvalue weighted by Gasteiger charge is -2.30. The number of carbonyl (C=O) groups is 2. The van der Waals surface area contributed by atoms with E-state index in [1.807, 2.05) is 0 Å². The van der Waals surface area contributed by atoms with Crippen molar-refractivity contribution in [1.82, 2.24) is 10.2 Å². The lowest BCUT2D eigenvalue weighted by molar-refractivity contribution is -0.137. The fourth-order valence-electron chi connectivity index (χ4n) is 2.76. The largest absolute Gasteiger partial charge is 0.355 e. The lowest BCUT2D eigenvalue weighted by atomic mass is 9.99. The summed E-state index contributed by atoms with van der Waals surface area (Å²) in [6.07, 6.45) is 2.40. The number of sulfonamides is 1. The summed E-state index contributed by atoms with van der Waals surface area (Å²) in [4.78, 5) is 25.8. The highest BCUT2D eigenvalue weighted by Crippen LogP contribution is 2.16. The van der Waals surface area contributed by atoms with Gasteiger partial charge in [0.25, 0.3) is 0 Å². The van der Waals surface area contributed by atoms with Gasteiger partial charge in [-0.15, -0.1) is 0 Å². The standard InChI is InChI=1S/C17H25N3O4S/c1-13-7-10-20(11-8-13)17(22)12-16(21)19-9-6-14-2-4-15(5-3-14)25(18,23)24/h2-5,13H,6-12H2,1H3,(H,19,21)(H2,18,23,24). The van der Waals surface area contributed by atoms with Gasteiger partial charge >= 0.3 is 0 Å². The maximum atomic E-state index is 12.1. The molecule has 0 atom stereocenters. The molecule has 0 unspecified atom stereocenters. The first-order chi connectivity index (χ1) is 11.8. The summed E-state index contributed by atoms with van der Waals surface area (Å²) in [6, 6.07) is 6.19. The highest BCUT2D eigenvalue weighted by molar-refractivity contribution is 7.89. The Morgan fingerprint density at radius 1 is 1.20 bits per heavy atom. The summed E-state index contributed by atoms with van der Waals surface area (Å²) in [7, 11) is -3.69. The van der Waals surface area contributed by atoms with E-state index < -0.39 is 10.0 Å². The first-order valence-corrected chi connectivity index (χ1v) is 9.96. The molecule has 0 saturated carbocycles. The molecule has 1 aromatic carbocycles. The van der Waals surface area contributed by atoms with E-state index in [4.69, 9.17) is 5.14 Å². The van der Waals surface area contributed by atoms with E-state index in [1.54, 1.807) is 17.0 Å². The number of rotatable bonds is 6. The molecule has 1 aliphatic rings. The quantitative estimate of drug-likeness (QED) is 0.719. The molecule has 0 aliphatic carbocycles. The summed E-state index contributed by atoms with van der Waals surface area (Å²) in [5.74, 6) is 0.227. The molecule has 1 saturated heterocycles. The molecule has 2 rings (SSSR count). The molecule has 3 N–H and O–H groups in total. The zero-order valence-corrected chi connectivity index (χ0v) is 15.2. The summed E-state index contributed by atoms with van der Waals surface area (Å²) in [6.45, 7) is 4.01. The number of hydrogen-bond acceptors (Lipinski definition) is 4. The fraction of sp³-hybridized carbons (Fsp3) is 0.529. The van der Waals surface area contributed by atoms with Crippen LogP contribution in [0.25, 0.3) is 0 Å². The first kappa shape index (κ1) is 19.4. The summed E-state index contributed by atoms with van der Waals surface area (Å²) in [5, 5.41) is 7.77. The summed E-state index contributed by atoms with van der Waals surface area (Å²) < 4.78 is 22.4. The van der Waals surface area contributed by atoms with E-state index >= 15 is 0 Å². The van der Waals surface area contributed by atoms with Crippen molar-refractivity contribution in [2.24, 2.45) is 11.1 Å². The molecule has 1 fully saturated rings. The van der Waals surface area contributed by atoms with Gasteiger partial charge < -0.3 is 10.2 Å². The Bertz CT molecular complexity index is 708. The monoisotopic (exact) mass is 367 g/mol. The number of nitrogens with zero attached hydrogens (tertiary/aromatic N) is 1. The second-order valence-corrected chi connectivity index (χ2v) is 8.09. The topological polar surface area (TPSA) is 110 Å². The Balaban J connectivity index is 1.72. The minimum Gasteiger partial charge on any atom is -0.355 e. The predicted octanol–water partition coefficient (Wildman–Crippen LogP) is 0.641. The van der Waals surface area contributed by atoms with Gasteiger partial charge in [-0.3, -0.25) is 9.59 Å². The van der Waals surface area contributed by atoms with E-state index in [-0.39, 0.29) is 23.1 Å². The van der Waals surface area contributed by atoms with Crippen LogP contribution in [0, 0.1) is 5.92 Å². The molecule has 1 aromatic rings. The van der Waals surface area contributed by atoms with Gasteiger partial charge in [0.2, 0.25) is 21.8 Å². The van der Waals surface area contributed by atoms with Crippen LogP contribution < -0.4 is 10.5 Å². The zero-order chi connectivity index (χ0) is 18.4. The Hall–Kier alpha value is -1.93. The Morgan fingerprint density at radius 3 is 2.36 bits per heavy atom. The molecular formula is C17H25N3O4S. The minimum absolute atomic E-state index is 0.0572. The zero-order valence-electron chi connectivity index (χ0n) is 14.4. The molecule has 1 aliphatic heterocycles. The van der Waals surface area contributed by atoms with Crippen LogP contribution >= 0.6 is 0 Å². The van der Waals surface area contributed by atoms with E-state index in [2.05, 4.69) is 12.2 Å². The fourth-order valence-corrected chi connectivity index (χ4v) is 3.28. The van der Waals surface area contributed by atoms with Crippen LogP contribution in [0.2, 0.25) is 0 Å². The SMILES string of the molecule is CC1CCN(C(=O)CC(=O)NCCc2ccc(S(N)(=O)=O)cc2)CC1. The van der Waals surface area contributed by atoms with E-state index in [1.165, 1.54) is 12.1 Å². The number of carbonyl (C=O) groups excluding carboxylic acids is 2. The van der Waals surface area contributed by atoms with Crippen LogP contribution in [0.15, 0.2) is 29.2 Å². The molecule has 7 nitrogen and oxygen atoms in total. The summed E-state index contributed by atoms with van der Waals surface area (Å²) >= 11 is 0. The van der Waals surface area contributed by atoms with E-state index in [0.29, 0.717) is 18.9 Å². The van der Waals surface area contributed by atoms with Crippen molar-refractivity contribution in [2.75, 3.05) is 19.6 Å². The third-order valence-electron chi connectivity index (χ3n) is 4.44. The molecule has 0 bridgehead atoms. The highest BCUT2D eigenvalue weighted by Gasteiger charge is 2.21. The molecule has 2 amide bonds. The highest BCUT2D eigenvalue weighted by atomic mass is 32.2. The number of primary sulfonamides is 1. The van der Waals surface area contributed by atoms with Gasteiger partial charge in [0.05, 0.1) is 4.90 Å². The van der Waals surface area contributed by atoms with Gasteiger partial charge in [0.15, 0.2) is 0 Å². The normalized spacial score (nSPS) is 15.8. The van der Waals surface area contributed by atoms with Crippen molar-refractivity contribution >= 4 is 21.8 Å². The van der Waals surface area contributed by atoms with Crippen molar-refractivity contribution in [3.8, 4) is 0 Å². The number of likely N-dealkylation sites (tertiary alicyclic amines) is 1. The van der Waals surface area contributed by atoms with E-state index in [0.717, 1.165) is 31.5 Å². The smallest absolute Gasteiger partial charge is 0.238 e. The maximum Gasteiger partial charge on any atom is 0.238 e. The molecule has 25 heavy (non-hydrogen) atoms. The van der Waals surface area contributed by atoms with Crippen LogP contribution in [0.5, 0.6) is 0 Å². The number of nitrogens with two attached hydrogens (primary N) is 1. The van der Waals surface area contributed by atoms with E-state index in [9.17, 15) is 18.0 Å². The third kappa shape index (κ3) is 6.13. The van der Waals surface area contributed by atoms with Gasteiger partial charge in [-0.25, -0.2) is 13.6 Å². The van der Waals surface area contributed by atoms with Crippen molar-refractivity contribution in [3.05, 3.63) is 29.8 Å². The molecule has 0 radical (unpaired) electrons. The predicted molar refractivity (Wildman–Crippen MR) is 94.1 cm³/mol. The van der Waals surface area contributed by atoms with Gasteiger partial charge in [0.1, 0.15) is 6.42 Å². The van der Waals surface area contributed by atoms with Crippen LogP contribution in [0.3, 0.4) is 0 Å². The number of amides is 2. The Labute approximate surface area is 148 Å². The number of piperidine rings is 1. The molecule has 138 valence electrons. The number of nitrogens with one attached hydrogen (secondary N) is 1. The molecule has 8 heteroatoms. The minimum atomic E-state index is -3.69. The first-order valence-electron chi connectivity index (χ1n) is 8.42. The van der Waals surface area contributed by atoms with Crippen molar-refractivity contribution in [2.45, 2.75) is 37.5 Å². The molecular weight excluding hydrogens is 342 g/mol. The van der Waals surface area contributed by atoms with Crippen LogP contribution in [-0.4, -0.2) is 44.8 Å². The number of benzene rings is 1. The Morgan fingerprint density at radius 2 is 1.80 bits per heavy atom. The van der Waals surface area contributed by atoms with Gasteiger partial charge in [-0.2, -0.15) is 0 Å². The molecule has 0 spiro atoms. The van der Waals surface area contributed by atoms with Crippen LogP contribution in [0.4, 0.5) is 0 Å². The van der Waals surface area contributed by atoms with Crippen molar-refractivity contribution < 1.29 is 18.0 Å². The van der Waals surface area contributed by atoms with Gasteiger partial charge in [-0.1, -0.05) is 19.1 Å². The van der Waals surface area contributed by atoms with Gasteiger partial charge in [-0.05, 0) is 42.9 Å². The average Bonchev–Trinajstić information content (AvgIpc) is 2.55. The molecule has 0 aromatic heterocycles. The summed E-state index contributed by atoms with van der Waals surface area (Å²) in [5.41, 5.74) is 0.879. The Kier molecular flexibility index (Phi) is 6.55. The van der Waals surface area contributed by atoms with Gasteiger partial charge in [0, 0.05) is 19.6 Å².